The van der Waals surface area contributed by atoms with Gasteiger partial charge in [0.05, 0.1) is 11.4 Å². The Hall–Kier alpha value is -2.08. The number of piperidine rings is 1. The first-order chi connectivity index (χ1) is 11.6. The lowest BCUT2D eigenvalue weighted by molar-refractivity contribution is -0.145. The van der Waals surface area contributed by atoms with Gasteiger partial charge in [0.1, 0.15) is 11.6 Å². The lowest BCUT2D eigenvalue weighted by atomic mass is 9.84. The molecule has 3 rings (SSSR count). The first-order valence-electron chi connectivity index (χ1n) is 8.65. The number of hydrogen-bond donors (Lipinski definition) is 2. The third-order valence-electron chi connectivity index (χ3n) is 4.83. The van der Waals surface area contributed by atoms with Crippen molar-refractivity contribution in [3.8, 4) is 0 Å². The van der Waals surface area contributed by atoms with Gasteiger partial charge in [-0.15, -0.1) is 0 Å². The van der Waals surface area contributed by atoms with Crippen LogP contribution in [0.1, 0.15) is 33.1 Å². The summed E-state index contributed by atoms with van der Waals surface area (Å²) in [6, 6.07) is 7.70. The van der Waals surface area contributed by atoms with Gasteiger partial charge < -0.3 is 20.3 Å². The maximum absolute atomic E-state index is 12.6. The van der Waals surface area contributed by atoms with E-state index in [9.17, 15) is 9.59 Å². The van der Waals surface area contributed by atoms with Crippen LogP contribution in [0.15, 0.2) is 24.3 Å². The number of likely N-dealkylation sites (tertiary alicyclic amines) is 1. The molecule has 1 aromatic carbocycles. The summed E-state index contributed by atoms with van der Waals surface area (Å²) in [6.07, 6.45) is 1.66. The van der Waals surface area contributed by atoms with Gasteiger partial charge in [-0.1, -0.05) is 19.1 Å². The molecule has 130 valence electrons. The number of carbonyl (C=O) groups is 2. The van der Waals surface area contributed by atoms with Crippen molar-refractivity contribution in [3.63, 3.8) is 0 Å². The fraction of sp³-hybridized carbons (Fsp3) is 0.556. The van der Waals surface area contributed by atoms with E-state index in [4.69, 9.17) is 4.74 Å². The van der Waals surface area contributed by atoms with E-state index in [1.165, 1.54) is 0 Å². The SMILES string of the molecule is CCCO[C@@H](C)C(=O)N1CCC2(CC1)Nc1ccccc1NC2=O. The van der Waals surface area contributed by atoms with E-state index in [1.807, 2.05) is 31.2 Å². The number of fused-ring (bicyclic) bond motifs is 1. The summed E-state index contributed by atoms with van der Waals surface area (Å²) in [5.41, 5.74) is 1.13. The molecule has 1 spiro atoms. The molecule has 1 saturated heterocycles. The number of rotatable bonds is 4. The molecule has 2 heterocycles. The minimum atomic E-state index is -0.626. The van der Waals surface area contributed by atoms with E-state index in [-0.39, 0.29) is 11.8 Å². The Morgan fingerprint density at radius 2 is 1.96 bits per heavy atom. The van der Waals surface area contributed by atoms with Crippen LogP contribution in [0.5, 0.6) is 0 Å². The molecule has 24 heavy (non-hydrogen) atoms. The molecule has 0 aliphatic carbocycles. The fourth-order valence-electron chi connectivity index (χ4n) is 3.34. The number of nitrogens with zero attached hydrogens (tertiary/aromatic N) is 1. The van der Waals surface area contributed by atoms with Crippen LogP contribution < -0.4 is 10.6 Å². The van der Waals surface area contributed by atoms with Crippen molar-refractivity contribution in [2.24, 2.45) is 0 Å². The van der Waals surface area contributed by atoms with Crippen molar-refractivity contribution < 1.29 is 14.3 Å². The first kappa shape index (κ1) is 16.8. The van der Waals surface area contributed by atoms with Gasteiger partial charge in [0.15, 0.2) is 0 Å². The van der Waals surface area contributed by atoms with Crippen molar-refractivity contribution in [1.29, 1.82) is 0 Å². The van der Waals surface area contributed by atoms with E-state index in [1.54, 1.807) is 11.8 Å². The summed E-state index contributed by atoms with van der Waals surface area (Å²) < 4.78 is 5.52. The first-order valence-corrected chi connectivity index (χ1v) is 8.65. The van der Waals surface area contributed by atoms with Crippen molar-refractivity contribution in [2.75, 3.05) is 30.3 Å². The summed E-state index contributed by atoms with van der Waals surface area (Å²) >= 11 is 0. The highest BCUT2D eigenvalue weighted by Gasteiger charge is 2.45. The topological polar surface area (TPSA) is 70.7 Å². The van der Waals surface area contributed by atoms with Crippen molar-refractivity contribution in [3.05, 3.63) is 24.3 Å². The minimum Gasteiger partial charge on any atom is -0.369 e. The van der Waals surface area contributed by atoms with Crippen LogP contribution in [-0.4, -0.2) is 48.1 Å². The zero-order chi connectivity index (χ0) is 17.2. The summed E-state index contributed by atoms with van der Waals surface area (Å²) in [7, 11) is 0. The van der Waals surface area contributed by atoms with Crippen LogP contribution in [0, 0.1) is 0 Å². The highest BCUT2D eigenvalue weighted by Crippen LogP contribution is 2.36. The fourth-order valence-corrected chi connectivity index (χ4v) is 3.34. The van der Waals surface area contributed by atoms with Crippen LogP contribution in [0.2, 0.25) is 0 Å². The molecule has 6 nitrogen and oxygen atoms in total. The molecule has 1 atom stereocenters. The molecule has 6 heteroatoms. The third kappa shape index (κ3) is 3.11. The molecule has 2 N–H and O–H groups in total. The zero-order valence-electron chi connectivity index (χ0n) is 14.3. The quantitative estimate of drug-likeness (QED) is 0.887. The maximum Gasteiger partial charge on any atom is 0.251 e. The molecular weight excluding hydrogens is 306 g/mol. The molecule has 0 aromatic heterocycles. The molecule has 0 saturated carbocycles. The van der Waals surface area contributed by atoms with Crippen LogP contribution >= 0.6 is 0 Å². The number of amides is 2. The normalized spacial score (nSPS) is 20.1. The van der Waals surface area contributed by atoms with Gasteiger partial charge in [-0.3, -0.25) is 9.59 Å². The molecular formula is C18H25N3O3. The van der Waals surface area contributed by atoms with E-state index < -0.39 is 11.6 Å². The Kier molecular flexibility index (Phi) is 4.76. The van der Waals surface area contributed by atoms with Crippen molar-refractivity contribution in [2.45, 2.75) is 44.8 Å². The van der Waals surface area contributed by atoms with Crippen LogP contribution in [0.3, 0.4) is 0 Å². The Morgan fingerprint density at radius 1 is 1.29 bits per heavy atom. The molecule has 2 amide bonds. The van der Waals surface area contributed by atoms with Gasteiger partial charge in [0.25, 0.3) is 5.91 Å². The zero-order valence-corrected chi connectivity index (χ0v) is 14.3. The predicted molar refractivity (Wildman–Crippen MR) is 92.9 cm³/mol. The average molecular weight is 331 g/mol. The van der Waals surface area contributed by atoms with Gasteiger partial charge in [0, 0.05) is 19.7 Å². The minimum absolute atomic E-state index is 0.00918. The number of benzene rings is 1. The molecule has 0 unspecified atom stereocenters. The van der Waals surface area contributed by atoms with Gasteiger partial charge in [-0.25, -0.2) is 0 Å². The van der Waals surface area contributed by atoms with Crippen molar-refractivity contribution >= 4 is 23.2 Å². The highest BCUT2D eigenvalue weighted by molar-refractivity contribution is 6.06. The third-order valence-corrected chi connectivity index (χ3v) is 4.83. The van der Waals surface area contributed by atoms with E-state index in [2.05, 4.69) is 10.6 Å². The monoisotopic (exact) mass is 331 g/mol. The lowest BCUT2D eigenvalue weighted by Gasteiger charge is -2.44. The predicted octanol–water partition coefficient (Wildman–Crippen LogP) is 2.23. The number of anilines is 2. The Morgan fingerprint density at radius 3 is 2.62 bits per heavy atom. The second-order valence-electron chi connectivity index (χ2n) is 6.55. The number of carbonyl (C=O) groups excluding carboxylic acids is 2. The number of nitrogens with one attached hydrogen (secondary N) is 2. The largest absolute Gasteiger partial charge is 0.369 e. The Bertz CT molecular complexity index is 624. The lowest BCUT2D eigenvalue weighted by Crippen LogP contribution is -2.59. The standard InChI is InChI=1S/C18H25N3O3/c1-3-12-24-13(2)16(22)21-10-8-18(9-11-21)17(23)19-14-6-4-5-7-15(14)20-18/h4-7,13,20H,3,8-12H2,1-2H3,(H,19,23)/t13-/m0/s1. The van der Waals surface area contributed by atoms with E-state index in [0.29, 0.717) is 32.5 Å². The van der Waals surface area contributed by atoms with E-state index in [0.717, 1.165) is 17.8 Å². The molecule has 1 fully saturated rings. The molecule has 2 aliphatic heterocycles. The van der Waals surface area contributed by atoms with E-state index >= 15 is 0 Å². The number of para-hydroxylation sites is 2. The average Bonchev–Trinajstić information content (AvgIpc) is 2.60. The second kappa shape index (κ2) is 6.81. The molecule has 0 bridgehead atoms. The van der Waals surface area contributed by atoms with Gasteiger partial charge in [-0.05, 0) is 38.3 Å². The molecule has 0 radical (unpaired) electrons. The number of hydrogen-bond acceptors (Lipinski definition) is 4. The molecule has 2 aliphatic rings. The Labute approximate surface area is 142 Å². The van der Waals surface area contributed by atoms with Crippen LogP contribution in [-0.2, 0) is 14.3 Å². The van der Waals surface area contributed by atoms with Crippen LogP contribution in [0.25, 0.3) is 0 Å². The maximum atomic E-state index is 12.6. The highest BCUT2D eigenvalue weighted by atomic mass is 16.5. The van der Waals surface area contributed by atoms with Crippen LogP contribution in [0.4, 0.5) is 11.4 Å². The van der Waals surface area contributed by atoms with Crippen molar-refractivity contribution in [1.82, 2.24) is 4.90 Å². The summed E-state index contributed by atoms with van der Waals surface area (Å²) in [4.78, 5) is 26.8. The second-order valence-corrected chi connectivity index (χ2v) is 6.55. The van der Waals surface area contributed by atoms with Gasteiger partial charge in [0.2, 0.25) is 5.91 Å². The summed E-state index contributed by atoms with van der Waals surface area (Å²) in [6.45, 7) is 5.52. The van der Waals surface area contributed by atoms with Gasteiger partial charge in [-0.2, -0.15) is 0 Å². The molecule has 1 aromatic rings. The summed E-state index contributed by atoms with van der Waals surface area (Å²) in [5, 5.41) is 6.39. The smallest absolute Gasteiger partial charge is 0.251 e. The summed E-state index contributed by atoms with van der Waals surface area (Å²) in [5.74, 6) is -0.00139. The number of ether oxygens (including phenoxy) is 1. The van der Waals surface area contributed by atoms with Gasteiger partial charge >= 0.3 is 0 Å². The Balaban J connectivity index is 1.64.